The molecule has 15 heavy (non-hydrogen) atoms. The highest BCUT2D eigenvalue weighted by Crippen LogP contribution is 2.37. The highest BCUT2D eigenvalue weighted by atomic mass is 32.1. The van der Waals surface area contributed by atoms with E-state index in [1.807, 2.05) is 11.3 Å². The molecule has 1 saturated heterocycles. The lowest BCUT2D eigenvalue weighted by Gasteiger charge is -2.15. The minimum absolute atomic E-state index is 0.199. The third-order valence-corrected chi connectivity index (χ3v) is 4.29. The zero-order chi connectivity index (χ0) is 11.0. The van der Waals surface area contributed by atoms with Crippen molar-refractivity contribution in [2.45, 2.75) is 39.2 Å². The predicted octanol–water partition coefficient (Wildman–Crippen LogP) is 2.40. The van der Waals surface area contributed by atoms with Crippen molar-refractivity contribution >= 4 is 11.3 Å². The Morgan fingerprint density at radius 1 is 1.33 bits per heavy atom. The fraction of sp³-hybridized carbons (Fsp3) is 0.667. The largest absolute Gasteiger partial charge is 0.390 e. The van der Waals surface area contributed by atoms with Gasteiger partial charge in [0.05, 0.1) is 19.3 Å². The van der Waals surface area contributed by atoms with Gasteiger partial charge in [-0.15, -0.1) is 11.3 Å². The van der Waals surface area contributed by atoms with E-state index in [1.165, 1.54) is 20.9 Å². The molecule has 0 unspecified atom stereocenters. The zero-order valence-corrected chi connectivity index (χ0v) is 10.4. The number of rotatable bonds is 2. The Labute approximate surface area is 94.9 Å². The molecule has 1 aliphatic heterocycles. The Balaban J connectivity index is 2.41. The van der Waals surface area contributed by atoms with E-state index in [1.54, 1.807) is 0 Å². The Morgan fingerprint density at radius 2 is 2.07 bits per heavy atom. The van der Waals surface area contributed by atoms with Crippen molar-refractivity contribution in [2.24, 2.45) is 0 Å². The molecule has 1 aromatic rings. The third kappa shape index (κ3) is 1.84. The molecule has 0 aliphatic carbocycles. The maximum atomic E-state index is 9.88. The summed E-state index contributed by atoms with van der Waals surface area (Å²) < 4.78 is 5.34. The predicted molar refractivity (Wildman–Crippen MR) is 62.7 cm³/mol. The van der Waals surface area contributed by atoms with E-state index in [0.717, 1.165) is 6.42 Å². The lowest BCUT2D eigenvalue weighted by molar-refractivity contribution is 0.124. The quantitative estimate of drug-likeness (QED) is 0.839. The van der Waals surface area contributed by atoms with Crippen LogP contribution in [0.4, 0.5) is 0 Å². The van der Waals surface area contributed by atoms with Crippen LogP contribution in [0, 0.1) is 13.8 Å². The fourth-order valence-corrected chi connectivity index (χ4v) is 3.71. The van der Waals surface area contributed by atoms with Gasteiger partial charge in [0.2, 0.25) is 0 Å². The minimum Gasteiger partial charge on any atom is -0.390 e. The summed E-state index contributed by atoms with van der Waals surface area (Å²) in [5.74, 6) is 0.199. The summed E-state index contributed by atoms with van der Waals surface area (Å²) in [6, 6.07) is 0. The monoisotopic (exact) mass is 226 g/mol. The second kappa shape index (κ2) is 4.24. The van der Waals surface area contributed by atoms with Gasteiger partial charge >= 0.3 is 0 Å². The number of hydrogen-bond donors (Lipinski definition) is 1. The third-order valence-electron chi connectivity index (χ3n) is 3.21. The number of aliphatic hydroxyl groups is 1. The van der Waals surface area contributed by atoms with E-state index in [-0.39, 0.29) is 12.0 Å². The molecule has 84 valence electrons. The molecule has 3 heteroatoms. The first-order valence-corrected chi connectivity index (χ1v) is 6.31. The van der Waals surface area contributed by atoms with E-state index in [2.05, 4.69) is 20.8 Å². The van der Waals surface area contributed by atoms with Crippen LogP contribution in [0.3, 0.4) is 0 Å². The molecule has 0 aromatic carbocycles. The number of aliphatic hydroxyl groups excluding tert-OH is 1. The Morgan fingerprint density at radius 3 is 2.60 bits per heavy atom. The standard InChI is InChI=1S/C12H18O2S/c1-4-9-7(2)15-8(3)12(9)10-5-14-6-11(10)13/h10-11,13H,4-6H2,1-3H3/t10-,11+/m1/s1. The van der Waals surface area contributed by atoms with Crippen LogP contribution in [-0.4, -0.2) is 24.4 Å². The van der Waals surface area contributed by atoms with E-state index < -0.39 is 0 Å². The van der Waals surface area contributed by atoms with Crippen LogP contribution < -0.4 is 0 Å². The average molecular weight is 226 g/mol. The number of ether oxygens (including phenoxy) is 1. The van der Waals surface area contributed by atoms with Gasteiger partial charge in [0.25, 0.3) is 0 Å². The molecule has 0 amide bonds. The van der Waals surface area contributed by atoms with Crippen molar-refractivity contribution < 1.29 is 9.84 Å². The van der Waals surface area contributed by atoms with E-state index in [4.69, 9.17) is 4.74 Å². The Hall–Kier alpha value is -0.380. The van der Waals surface area contributed by atoms with E-state index >= 15 is 0 Å². The molecule has 0 spiro atoms. The maximum absolute atomic E-state index is 9.88. The van der Waals surface area contributed by atoms with Crippen molar-refractivity contribution in [1.29, 1.82) is 0 Å². The summed E-state index contributed by atoms with van der Waals surface area (Å²) in [6.45, 7) is 7.66. The molecule has 1 fully saturated rings. The van der Waals surface area contributed by atoms with E-state index in [9.17, 15) is 5.11 Å². The van der Waals surface area contributed by atoms with Crippen molar-refractivity contribution in [3.8, 4) is 0 Å². The molecule has 1 N–H and O–H groups in total. The highest BCUT2D eigenvalue weighted by molar-refractivity contribution is 7.12. The second-order valence-electron chi connectivity index (χ2n) is 4.17. The molecule has 0 bridgehead atoms. The van der Waals surface area contributed by atoms with Gasteiger partial charge in [0.1, 0.15) is 0 Å². The first-order valence-electron chi connectivity index (χ1n) is 5.49. The van der Waals surface area contributed by atoms with Crippen LogP contribution in [0.5, 0.6) is 0 Å². The molecule has 2 atom stereocenters. The summed E-state index contributed by atoms with van der Waals surface area (Å²) in [5, 5.41) is 9.88. The van der Waals surface area contributed by atoms with Crippen LogP contribution in [0.25, 0.3) is 0 Å². The van der Waals surface area contributed by atoms with E-state index in [0.29, 0.717) is 13.2 Å². The molecular formula is C12H18O2S. The zero-order valence-electron chi connectivity index (χ0n) is 9.54. The lowest BCUT2D eigenvalue weighted by Crippen LogP contribution is -2.17. The first kappa shape index (κ1) is 11.1. The van der Waals surface area contributed by atoms with Crippen LogP contribution in [0.2, 0.25) is 0 Å². The van der Waals surface area contributed by atoms with Crippen LogP contribution >= 0.6 is 11.3 Å². The molecule has 2 rings (SSSR count). The lowest BCUT2D eigenvalue weighted by atomic mass is 9.91. The first-order chi connectivity index (χ1) is 7.15. The Kier molecular flexibility index (Phi) is 3.14. The molecule has 1 aromatic heterocycles. The van der Waals surface area contributed by atoms with Crippen LogP contribution in [0.1, 0.15) is 33.7 Å². The highest BCUT2D eigenvalue weighted by Gasteiger charge is 2.31. The van der Waals surface area contributed by atoms with Gasteiger partial charge < -0.3 is 9.84 Å². The Bertz CT molecular complexity index is 357. The van der Waals surface area contributed by atoms with Crippen LogP contribution in [-0.2, 0) is 11.2 Å². The molecule has 1 aliphatic rings. The molecular weight excluding hydrogens is 208 g/mol. The molecule has 2 nitrogen and oxygen atoms in total. The summed E-state index contributed by atoms with van der Waals surface area (Å²) in [5.41, 5.74) is 2.78. The van der Waals surface area contributed by atoms with Crippen molar-refractivity contribution in [3.05, 3.63) is 20.9 Å². The number of hydrogen-bond acceptors (Lipinski definition) is 3. The molecule has 0 saturated carbocycles. The molecule has 2 heterocycles. The summed E-state index contributed by atoms with van der Waals surface area (Å²) in [6.07, 6.45) is 0.734. The summed E-state index contributed by atoms with van der Waals surface area (Å²) >= 11 is 1.84. The smallest absolute Gasteiger partial charge is 0.0864 e. The van der Waals surface area contributed by atoms with Crippen LogP contribution in [0.15, 0.2) is 0 Å². The van der Waals surface area contributed by atoms with Crippen molar-refractivity contribution in [3.63, 3.8) is 0 Å². The SMILES string of the molecule is CCc1c(C)sc(C)c1[C@@H]1COC[C@@H]1O. The van der Waals surface area contributed by atoms with Gasteiger partial charge in [-0.25, -0.2) is 0 Å². The number of aryl methyl sites for hydroxylation is 2. The van der Waals surface area contributed by atoms with Gasteiger partial charge in [0, 0.05) is 15.7 Å². The summed E-state index contributed by atoms with van der Waals surface area (Å²) in [4.78, 5) is 2.74. The second-order valence-corrected chi connectivity index (χ2v) is 5.60. The minimum atomic E-state index is -0.317. The van der Waals surface area contributed by atoms with Gasteiger partial charge in [-0.2, -0.15) is 0 Å². The van der Waals surface area contributed by atoms with Gasteiger partial charge in [0.15, 0.2) is 0 Å². The topological polar surface area (TPSA) is 29.5 Å². The van der Waals surface area contributed by atoms with Crippen molar-refractivity contribution in [1.82, 2.24) is 0 Å². The van der Waals surface area contributed by atoms with Gasteiger partial charge in [-0.05, 0) is 31.4 Å². The molecule has 0 radical (unpaired) electrons. The fourth-order valence-electron chi connectivity index (χ4n) is 2.49. The number of thiophene rings is 1. The van der Waals surface area contributed by atoms with Gasteiger partial charge in [-0.1, -0.05) is 6.92 Å². The maximum Gasteiger partial charge on any atom is 0.0864 e. The van der Waals surface area contributed by atoms with Crippen molar-refractivity contribution in [2.75, 3.05) is 13.2 Å². The van der Waals surface area contributed by atoms with Gasteiger partial charge in [-0.3, -0.25) is 0 Å². The normalized spacial score (nSPS) is 26.1. The summed E-state index contributed by atoms with van der Waals surface area (Å²) in [7, 11) is 0. The average Bonchev–Trinajstić information content (AvgIpc) is 2.70.